The molecular formula is C14H15BrN2O2. The molecule has 1 amide bonds. The molecule has 1 aliphatic rings. The lowest BCUT2D eigenvalue weighted by Crippen LogP contribution is -2.31. The molecule has 1 aliphatic heterocycles. The zero-order valence-corrected chi connectivity index (χ0v) is 12.3. The highest BCUT2D eigenvalue weighted by molar-refractivity contribution is 9.10. The normalized spacial score (nSPS) is 15.4. The summed E-state index contributed by atoms with van der Waals surface area (Å²) < 4.78 is 3.27. The topological polar surface area (TPSA) is 45.5 Å². The minimum Gasteiger partial charge on any atom is -0.465 e. The van der Waals surface area contributed by atoms with Crippen LogP contribution >= 0.6 is 15.9 Å². The Morgan fingerprint density at radius 1 is 1.32 bits per heavy atom. The Hall–Kier alpha value is -1.49. The monoisotopic (exact) mass is 322 g/mol. The summed E-state index contributed by atoms with van der Waals surface area (Å²) in [5.41, 5.74) is 3.77. The van der Waals surface area contributed by atoms with Crippen LogP contribution in [0.3, 0.4) is 0 Å². The van der Waals surface area contributed by atoms with Crippen LogP contribution in [0.15, 0.2) is 22.7 Å². The maximum Gasteiger partial charge on any atom is 0.407 e. The van der Waals surface area contributed by atoms with Gasteiger partial charge in [-0.25, -0.2) is 4.79 Å². The van der Waals surface area contributed by atoms with Gasteiger partial charge in [0, 0.05) is 47.6 Å². The highest BCUT2D eigenvalue weighted by atomic mass is 79.9. The summed E-state index contributed by atoms with van der Waals surface area (Å²) in [4.78, 5) is 12.6. The third-order valence-corrected chi connectivity index (χ3v) is 4.41. The average molecular weight is 323 g/mol. The van der Waals surface area contributed by atoms with E-state index in [0.717, 1.165) is 17.3 Å². The van der Waals surface area contributed by atoms with Crippen LogP contribution in [-0.2, 0) is 19.9 Å². The first-order valence-electron chi connectivity index (χ1n) is 6.31. The molecular weight excluding hydrogens is 308 g/mol. The van der Waals surface area contributed by atoms with E-state index in [9.17, 15) is 4.79 Å². The lowest BCUT2D eigenvalue weighted by atomic mass is 10.1. The quantitative estimate of drug-likeness (QED) is 0.810. The third-order valence-electron chi connectivity index (χ3n) is 3.92. The molecule has 0 atom stereocenters. The lowest BCUT2D eigenvalue weighted by Gasteiger charge is -2.15. The third kappa shape index (κ3) is 2.02. The second kappa shape index (κ2) is 4.56. The molecule has 1 aromatic carbocycles. The number of nitrogens with zero attached hydrogens (tertiary/aromatic N) is 2. The number of aryl methyl sites for hydroxylation is 1. The van der Waals surface area contributed by atoms with Gasteiger partial charge < -0.3 is 14.6 Å². The van der Waals surface area contributed by atoms with E-state index < -0.39 is 6.09 Å². The van der Waals surface area contributed by atoms with E-state index in [1.54, 1.807) is 0 Å². The first-order chi connectivity index (χ1) is 9.08. The second-order valence-corrected chi connectivity index (χ2v) is 5.83. The molecule has 0 radical (unpaired) electrons. The summed E-state index contributed by atoms with van der Waals surface area (Å²) in [5, 5.41) is 10.4. The Bertz CT molecular complexity index is 663. The van der Waals surface area contributed by atoms with E-state index in [4.69, 9.17) is 5.11 Å². The van der Waals surface area contributed by atoms with Crippen LogP contribution in [0.5, 0.6) is 0 Å². The van der Waals surface area contributed by atoms with Crippen molar-refractivity contribution in [2.24, 2.45) is 7.05 Å². The van der Waals surface area contributed by atoms with Crippen molar-refractivity contribution in [3.05, 3.63) is 33.9 Å². The van der Waals surface area contributed by atoms with Gasteiger partial charge in [0.2, 0.25) is 0 Å². The van der Waals surface area contributed by atoms with E-state index >= 15 is 0 Å². The fourth-order valence-corrected chi connectivity index (χ4v) is 3.28. The molecule has 3 rings (SSSR count). The predicted molar refractivity (Wildman–Crippen MR) is 77.6 cm³/mol. The van der Waals surface area contributed by atoms with Crippen molar-refractivity contribution in [1.29, 1.82) is 0 Å². The van der Waals surface area contributed by atoms with Crippen molar-refractivity contribution >= 4 is 32.9 Å². The zero-order chi connectivity index (χ0) is 13.6. The van der Waals surface area contributed by atoms with Gasteiger partial charge in [0.15, 0.2) is 0 Å². The SMILES string of the molecule is Cn1c2c(c3ccc(Br)cc31)CCN(C(=O)O)CC2. The van der Waals surface area contributed by atoms with Crippen LogP contribution in [0.1, 0.15) is 11.3 Å². The molecule has 0 spiro atoms. The highest BCUT2D eigenvalue weighted by Gasteiger charge is 2.22. The number of benzene rings is 1. The Balaban J connectivity index is 2.10. The van der Waals surface area contributed by atoms with Gasteiger partial charge in [-0.15, -0.1) is 0 Å². The van der Waals surface area contributed by atoms with E-state index in [1.807, 2.05) is 6.07 Å². The van der Waals surface area contributed by atoms with Gasteiger partial charge >= 0.3 is 6.09 Å². The number of hydrogen-bond donors (Lipinski definition) is 1. The minimum absolute atomic E-state index is 0.577. The van der Waals surface area contributed by atoms with Crippen molar-refractivity contribution in [3.63, 3.8) is 0 Å². The van der Waals surface area contributed by atoms with E-state index in [-0.39, 0.29) is 0 Å². The molecule has 2 aromatic rings. The van der Waals surface area contributed by atoms with Crippen LogP contribution in [0.4, 0.5) is 4.79 Å². The number of aromatic nitrogens is 1. The molecule has 1 aromatic heterocycles. The zero-order valence-electron chi connectivity index (χ0n) is 10.7. The number of fused-ring (bicyclic) bond motifs is 3. The standard InChI is InChI=1S/C14H15BrN2O2/c1-16-12-5-7-17(14(18)19)6-4-11(12)10-3-2-9(15)8-13(10)16/h2-3,8H,4-7H2,1H3,(H,18,19). The molecule has 0 saturated heterocycles. The minimum atomic E-state index is -0.820. The van der Waals surface area contributed by atoms with E-state index in [0.29, 0.717) is 13.1 Å². The lowest BCUT2D eigenvalue weighted by molar-refractivity contribution is 0.147. The Morgan fingerprint density at radius 2 is 2.05 bits per heavy atom. The summed E-state index contributed by atoms with van der Waals surface area (Å²) in [7, 11) is 2.06. The highest BCUT2D eigenvalue weighted by Crippen LogP contribution is 2.30. The molecule has 100 valence electrons. The predicted octanol–water partition coefficient (Wildman–Crippen LogP) is 3.02. The number of halogens is 1. The smallest absolute Gasteiger partial charge is 0.407 e. The molecule has 19 heavy (non-hydrogen) atoms. The number of amides is 1. The molecule has 0 bridgehead atoms. The summed E-state index contributed by atoms with van der Waals surface area (Å²) in [6.45, 7) is 1.16. The number of hydrogen-bond acceptors (Lipinski definition) is 1. The second-order valence-electron chi connectivity index (χ2n) is 4.92. The summed E-state index contributed by atoms with van der Waals surface area (Å²) in [5.74, 6) is 0. The molecule has 1 N–H and O–H groups in total. The van der Waals surface area contributed by atoms with Gasteiger partial charge in [-0.3, -0.25) is 0 Å². The van der Waals surface area contributed by atoms with Gasteiger partial charge in [0.25, 0.3) is 0 Å². The van der Waals surface area contributed by atoms with Gasteiger partial charge in [-0.2, -0.15) is 0 Å². The van der Waals surface area contributed by atoms with Crippen molar-refractivity contribution in [3.8, 4) is 0 Å². The average Bonchev–Trinajstić information content (AvgIpc) is 2.55. The summed E-state index contributed by atoms with van der Waals surface area (Å²) in [6, 6.07) is 6.29. The van der Waals surface area contributed by atoms with Crippen molar-refractivity contribution in [1.82, 2.24) is 9.47 Å². The van der Waals surface area contributed by atoms with Gasteiger partial charge in [-0.05, 0) is 24.1 Å². The summed E-state index contributed by atoms with van der Waals surface area (Å²) >= 11 is 3.50. The van der Waals surface area contributed by atoms with Gasteiger partial charge in [0.05, 0.1) is 0 Å². The molecule has 0 unspecified atom stereocenters. The Labute approximate surface area is 119 Å². The van der Waals surface area contributed by atoms with Gasteiger partial charge in [0.1, 0.15) is 0 Å². The largest absolute Gasteiger partial charge is 0.465 e. The summed E-state index contributed by atoms with van der Waals surface area (Å²) in [6.07, 6.45) is 0.755. The van der Waals surface area contributed by atoms with Crippen LogP contribution in [0.2, 0.25) is 0 Å². The van der Waals surface area contributed by atoms with Crippen LogP contribution in [0, 0.1) is 0 Å². The fraction of sp³-hybridized carbons (Fsp3) is 0.357. The van der Waals surface area contributed by atoms with Crippen LogP contribution in [-0.4, -0.2) is 33.8 Å². The van der Waals surface area contributed by atoms with Crippen molar-refractivity contribution < 1.29 is 9.90 Å². The number of carboxylic acid groups (broad SMARTS) is 1. The molecule has 0 aliphatic carbocycles. The first-order valence-corrected chi connectivity index (χ1v) is 7.11. The number of carbonyl (C=O) groups is 1. The number of rotatable bonds is 0. The fourth-order valence-electron chi connectivity index (χ4n) is 2.93. The molecule has 5 heteroatoms. The Morgan fingerprint density at radius 3 is 2.79 bits per heavy atom. The van der Waals surface area contributed by atoms with Crippen LogP contribution in [0.25, 0.3) is 10.9 Å². The molecule has 0 saturated carbocycles. The Kier molecular flexibility index (Phi) is 3.01. The van der Waals surface area contributed by atoms with Crippen molar-refractivity contribution in [2.45, 2.75) is 12.8 Å². The maximum absolute atomic E-state index is 11.1. The maximum atomic E-state index is 11.1. The first kappa shape index (κ1) is 12.5. The van der Waals surface area contributed by atoms with E-state index in [1.165, 1.54) is 27.1 Å². The van der Waals surface area contributed by atoms with E-state index in [2.05, 4.69) is 39.7 Å². The molecule has 0 fully saturated rings. The van der Waals surface area contributed by atoms with Crippen molar-refractivity contribution in [2.75, 3.05) is 13.1 Å². The van der Waals surface area contributed by atoms with Gasteiger partial charge in [-0.1, -0.05) is 22.0 Å². The molecule has 2 heterocycles. The molecule has 4 nitrogen and oxygen atoms in total. The van der Waals surface area contributed by atoms with Crippen LogP contribution < -0.4 is 0 Å².